The van der Waals surface area contributed by atoms with Crippen LogP contribution in [-0.2, 0) is 6.54 Å². The number of aryl methyl sites for hydroxylation is 1. The summed E-state index contributed by atoms with van der Waals surface area (Å²) in [7, 11) is 0. The first-order valence-electron chi connectivity index (χ1n) is 7.79. The molecular formula is C17H20N4O2. The van der Waals surface area contributed by atoms with E-state index in [0.717, 1.165) is 18.5 Å². The van der Waals surface area contributed by atoms with Crippen molar-refractivity contribution in [2.24, 2.45) is 0 Å². The van der Waals surface area contributed by atoms with Gasteiger partial charge in [-0.1, -0.05) is 20.8 Å². The van der Waals surface area contributed by atoms with Crippen molar-refractivity contribution in [3.63, 3.8) is 0 Å². The highest BCUT2D eigenvalue weighted by atomic mass is 16.3. The number of nitrogens with zero attached hydrogens (tertiary/aromatic N) is 4. The lowest BCUT2D eigenvalue weighted by Gasteiger charge is -2.10. The lowest BCUT2D eigenvalue weighted by Crippen LogP contribution is -2.20. The average Bonchev–Trinajstić information content (AvgIpc) is 2.97. The van der Waals surface area contributed by atoms with Gasteiger partial charge in [-0.2, -0.15) is 5.10 Å². The first-order valence-corrected chi connectivity index (χ1v) is 7.79. The zero-order valence-electron chi connectivity index (χ0n) is 13.5. The van der Waals surface area contributed by atoms with Crippen LogP contribution in [0.5, 0.6) is 5.75 Å². The van der Waals surface area contributed by atoms with Gasteiger partial charge in [-0.25, -0.2) is 4.98 Å². The molecule has 3 aromatic rings. The molecule has 3 aromatic heterocycles. The molecule has 120 valence electrons. The summed E-state index contributed by atoms with van der Waals surface area (Å²) in [6.07, 6.45) is 7.78. The van der Waals surface area contributed by atoms with E-state index >= 15 is 0 Å². The van der Waals surface area contributed by atoms with E-state index in [4.69, 9.17) is 0 Å². The number of aromatic nitrogens is 4. The Labute approximate surface area is 134 Å². The van der Waals surface area contributed by atoms with Gasteiger partial charge < -0.3 is 5.11 Å². The van der Waals surface area contributed by atoms with Gasteiger partial charge in [0.15, 0.2) is 11.4 Å². The quantitative estimate of drug-likeness (QED) is 0.804. The maximum atomic E-state index is 12.5. The topological polar surface area (TPSA) is 72.4 Å². The fourth-order valence-corrected chi connectivity index (χ4v) is 2.63. The molecule has 23 heavy (non-hydrogen) atoms. The van der Waals surface area contributed by atoms with Crippen molar-refractivity contribution >= 4 is 5.65 Å². The van der Waals surface area contributed by atoms with E-state index in [1.54, 1.807) is 24.7 Å². The van der Waals surface area contributed by atoms with Crippen LogP contribution in [-0.4, -0.2) is 24.3 Å². The van der Waals surface area contributed by atoms with Crippen LogP contribution >= 0.6 is 0 Å². The number of fused-ring (bicyclic) bond motifs is 1. The maximum Gasteiger partial charge on any atom is 0.261 e. The summed E-state index contributed by atoms with van der Waals surface area (Å²) in [5, 5.41) is 14.8. The Balaban J connectivity index is 2.15. The van der Waals surface area contributed by atoms with E-state index in [-0.39, 0.29) is 22.9 Å². The van der Waals surface area contributed by atoms with Crippen molar-refractivity contribution in [3.05, 3.63) is 46.8 Å². The zero-order chi connectivity index (χ0) is 16.6. The monoisotopic (exact) mass is 312 g/mol. The summed E-state index contributed by atoms with van der Waals surface area (Å²) in [5.74, 6) is 0.0805. The molecule has 3 heterocycles. The molecule has 0 atom stereocenters. The molecule has 0 fully saturated rings. The highest BCUT2D eigenvalue weighted by Crippen LogP contribution is 2.31. The molecule has 0 radical (unpaired) electrons. The molecule has 0 unspecified atom stereocenters. The molecule has 0 saturated carbocycles. The third kappa shape index (κ3) is 2.60. The summed E-state index contributed by atoms with van der Waals surface area (Å²) in [6.45, 7) is 6.80. The number of rotatable bonds is 4. The molecule has 6 nitrogen and oxygen atoms in total. The molecule has 0 aliphatic rings. The van der Waals surface area contributed by atoms with Gasteiger partial charge in [-0.3, -0.25) is 13.9 Å². The zero-order valence-corrected chi connectivity index (χ0v) is 13.5. The Kier molecular flexibility index (Phi) is 3.90. The second kappa shape index (κ2) is 5.87. The van der Waals surface area contributed by atoms with Crippen LogP contribution in [0.15, 0.2) is 35.6 Å². The van der Waals surface area contributed by atoms with Crippen LogP contribution < -0.4 is 5.56 Å². The number of pyridine rings is 1. The molecule has 0 aromatic carbocycles. The van der Waals surface area contributed by atoms with Gasteiger partial charge in [0.2, 0.25) is 0 Å². The minimum atomic E-state index is -0.145. The van der Waals surface area contributed by atoms with Gasteiger partial charge in [-0.05, 0) is 18.4 Å². The second-order valence-corrected chi connectivity index (χ2v) is 5.94. The Morgan fingerprint density at radius 3 is 2.78 bits per heavy atom. The lowest BCUT2D eigenvalue weighted by atomic mass is 10.1. The van der Waals surface area contributed by atoms with Gasteiger partial charge in [0.25, 0.3) is 5.56 Å². The van der Waals surface area contributed by atoms with Gasteiger partial charge in [0.1, 0.15) is 0 Å². The minimum Gasteiger partial charge on any atom is -0.504 e. The molecular weight excluding hydrogens is 292 g/mol. The Morgan fingerprint density at radius 1 is 1.30 bits per heavy atom. The van der Waals surface area contributed by atoms with E-state index in [2.05, 4.69) is 17.0 Å². The minimum absolute atomic E-state index is 0.00375. The first kappa shape index (κ1) is 15.3. The van der Waals surface area contributed by atoms with Crippen molar-refractivity contribution in [1.82, 2.24) is 19.2 Å². The third-order valence-electron chi connectivity index (χ3n) is 3.90. The average molecular weight is 312 g/mol. The van der Waals surface area contributed by atoms with E-state index in [9.17, 15) is 9.90 Å². The second-order valence-electron chi connectivity index (χ2n) is 5.94. The Morgan fingerprint density at radius 2 is 2.09 bits per heavy atom. The highest BCUT2D eigenvalue weighted by Gasteiger charge is 2.15. The van der Waals surface area contributed by atoms with E-state index in [1.165, 1.54) is 4.40 Å². The van der Waals surface area contributed by atoms with Crippen LogP contribution in [0, 0.1) is 0 Å². The summed E-state index contributed by atoms with van der Waals surface area (Å²) in [5.41, 5.74) is 2.18. The van der Waals surface area contributed by atoms with Crippen molar-refractivity contribution < 1.29 is 5.11 Å². The molecule has 0 bridgehead atoms. The van der Waals surface area contributed by atoms with Crippen molar-refractivity contribution in [2.75, 3.05) is 0 Å². The van der Waals surface area contributed by atoms with Gasteiger partial charge in [0, 0.05) is 41.8 Å². The van der Waals surface area contributed by atoms with Crippen LogP contribution in [0.25, 0.3) is 16.8 Å². The molecule has 1 N–H and O–H groups in total. The van der Waals surface area contributed by atoms with Gasteiger partial charge >= 0.3 is 0 Å². The Bertz CT molecular complexity index is 909. The van der Waals surface area contributed by atoms with Crippen LogP contribution in [0.4, 0.5) is 0 Å². The number of hydrogen-bond acceptors (Lipinski definition) is 4. The first-order chi connectivity index (χ1) is 11.0. The predicted octanol–water partition coefficient (Wildman–Crippen LogP) is 2.80. The molecule has 0 aliphatic carbocycles. The fraction of sp³-hybridized carbons (Fsp3) is 0.353. The normalized spacial score (nSPS) is 11.5. The molecule has 0 aliphatic heterocycles. The number of aromatic hydroxyl groups is 1. The van der Waals surface area contributed by atoms with Crippen molar-refractivity contribution in [1.29, 1.82) is 0 Å². The van der Waals surface area contributed by atoms with E-state index < -0.39 is 0 Å². The molecule has 0 spiro atoms. The van der Waals surface area contributed by atoms with Crippen LogP contribution in [0.2, 0.25) is 0 Å². The van der Waals surface area contributed by atoms with Gasteiger partial charge in [-0.15, -0.1) is 0 Å². The van der Waals surface area contributed by atoms with E-state index in [1.807, 2.05) is 24.7 Å². The van der Waals surface area contributed by atoms with Crippen molar-refractivity contribution in [2.45, 2.75) is 39.7 Å². The summed E-state index contributed by atoms with van der Waals surface area (Å²) >= 11 is 0. The molecule has 0 amide bonds. The number of hydrogen-bond donors (Lipinski definition) is 1. The largest absolute Gasteiger partial charge is 0.504 e. The fourth-order valence-electron chi connectivity index (χ4n) is 2.63. The van der Waals surface area contributed by atoms with Crippen LogP contribution in [0.3, 0.4) is 0 Å². The molecule has 0 saturated heterocycles. The standard InChI is InChI=1S/C17H20N4O2/c1-4-6-20-10-12(8-19-20)13-5-7-21-16(15(13)22)18-9-14(11(2)3)17(21)23/h5,7-11,22H,4,6H2,1-3H3. The molecule has 6 heteroatoms. The van der Waals surface area contributed by atoms with E-state index in [0.29, 0.717) is 11.1 Å². The highest BCUT2D eigenvalue weighted by molar-refractivity contribution is 5.76. The third-order valence-corrected chi connectivity index (χ3v) is 3.90. The van der Waals surface area contributed by atoms with Crippen LogP contribution in [0.1, 0.15) is 38.7 Å². The summed E-state index contributed by atoms with van der Waals surface area (Å²) in [4.78, 5) is 16.7. The smallest absolute Gasteiger partial charge is 0.261 e. The summed E-state index contributed by atoms with van der Waals surface area (Å²) < 4.78 is 3.23. The Hall–Kier alpha value is -2.63. The lowest BCUT2D eigenvalue weighted by molar-refractivity contribution is 0.478. The SMILES string of the molecule is CCCn1cc(-c2ccn3c(=O)c(C(C)C)cnc3c2O)cn1. The van der Waals surface area contributed by atoms with Gasteiger partial charge in [0.05, 0.1) is 6.20 Å². The predicted molar refractivity (Wildman–Crippen MR) is 88.7 cm³/mol. The summed E-state index contributed by atoms with van der Waals surface area (Å²) in [6, 6.07) is 1.73. The maximum absolute atomic E-state index is 12.5. The molecule has 3 rings (SSSR count). The van der Waals surface area contributed by atoms with Crippen molar-refractivity contribution in [3.8, 4) is 16.9 Å².